The summed E-state index contributed by atoms with van der Waals surface area (Å²) >= 11 is 0. The molecule has 0 aliphatic heterocycles. The van der Waals surface area contributed by atoms with Crippen LogP contribution in [-0.2, 0) is 9.53 Å². The number of nitrogens with zero attached hydrogens (tertiary/aromatic N) is 1. The molecular formula is C19H17FN2O2. The molecule has 0 saturated carbocycles. The summed E-state index contributed by atoms with van der Waals surface area (Å²) in [6.45, 7) is 2.14. The van der Waals surface area contributed by atoms with Gasteiger partial charge in [0.25, 0.3) is 0 Å². The maximum atomic E-state index is 13.1. The largest absolute Gasteiger partial charge is 0.465 e. The molecule has 3 rings (SSSR count). The summed E-state index contributed by atoms with van der Waals surface area (Å²) in [6.07, 6.45) is 0. The molecular weight excluding hydrogens is 307 g/mol. The van der Waals surface area contributed by atoms with Gasteiger partial charge >= 0.3 is 5.97 Å². The molecule has 0 aliphatic rings. The molecule has 0 radical (unpaired) electrons. The van der Waals surface area contributed by atoms with Gasteiger partial charge < -0.3 is 10.1 Å². The van der Waals surface area contributed by atoms with E-state index < -0.39 is 0 Å². The Bertz CT molecular complexity index is 863. The lowest BCUT2D eigenvalue weighted by atomic mass is 10.1. The number of pyridine rings is 1. The molecule has 1 heterocycles. The average molecular weight is 324 g/mol. The fraction of sp³-hybridized carbons (Fsp3) is 0.158. The molecule has 2 aromatic carbocycles. The third kappa shape index (κ3) is 3.51. The minimum Gasteiger partial charge on any atom is -0.465 e. The highest BCUT2D eigenvalue weighted by Gasteiger charge is 2.09. The van der Waals surface area contributed by atoms with Gasteiger partial charge in [-0.15, -0.1) is 0 Å². The minimum atomic E-state index is -0.337. The van der Waals surface area contributed by atoms with E-state index in [9.17, 15) is 9.18 Å². The maximum Gasteiger partial charge on any atom is 0.325 e. The van der Waals surface area contributed by atoms with Crippen LogP contribution in [0, 0.1) is 5.82 Å². The molecule has 3 aromatic rings. The van der Waals surface area contributed by atoms with E-state index in [1.165, 1.54) is 12.1 Å². The third-order valence-corrected chi connectivity index (χ3v) is 3.59. The van der Waals surface area contributed by atoms with Crippen LogP contribution in [0.15, 0.2) is 54.6 Å². The molecule has 1 aromatic heterocycles. The van der Waals surface area contributed by atoms with Gasteiger partial charge in [-0.25, -0.2) is 9.37 Å². The molecule has 0 fully saturated rings. The van der Waals surface area contributed by atoms with E-state index in [1.807, 2.05) is 30.3 Å². The smallest absolute Gasteiger partial charge is 0.325 e. The Hall–Kier alpha value is -2.95. The number of nitrogens with one attached hydrogen (secondary N) is 1. The van der Waals surface area contributed by atoms with Crippen LogP contribution >= 0.6 is 0 Å². The van der Waals surface area contributed by atoms with Crippen LogP contribution in [-0.4, -0.2) is 24.1 Å². The van der Waals surface area contributed by atoms with Gasteiger partial charge in [-0.05, 0) is 42.6 Å². The van der Waals surface area contributed by atoms with E-state index in [0.29, 0.717) is 18.1 Å². The molecule has 5 heteroatoms. The third-order valence-electron chi connectivity index (χ3n) is 3.59. The molecule has 0 bridgehead atoms. The number of rotatable bonds is 5. The Morgan fingerprint density at radius 1 is 1.17 bits per heavy atom. The molecule has 0 atom stereocenters. The highest BCUT2D eigenvalue weighted by Crippen LogP contribution is 2.27. The highest BCUT2D eigenvalue weighted by molar-refractivity contribution is 5.95. The minimum absolute atomic E-state index is 0.0394. The summed E-state index contributed by atoms with van der Waals surface area (Å²) < 4.78 is 18.1. The van der Waals surface area contributed by atoms with Crippen molar-refractivity contribution in [1.82, 2.24) is 4.98 Å². The molecule has 1 N–H and O–H groups in total. The van der Waals surface area contributed by atoms with Gasteiger partial charge in [-0.2, -0.15) is 0 Å². The van der Waals surface area contributed by atoms with Crippen molar-refractivity contribution in [3.05, 3.63) is 60.4 Å². The number of carbonyl (C=O) groups excluding carboxylic acids is 1. The molecule has 0 spiro atoms. The van der Waals surface area contributed by atoms with Crippen molar-refractivity contribution in [1.29, 1.82) is 0 Å². The van der Waals surface area contributed by atoms with Crippen LogP contribution in [0.25, 0.3) is 22.0 Å². The fourth-order valence-electron chi connectivity index (χ4n) is 2.47. The predicted octanol–water partition coefficient (Wildman–Crippen LogP) is 4.02. The van der Waals surface area contributed by atoms with Crippen LogP contribution in [0.2, 0.25) is 0 Å². The lowest BCUT2D eigenvalue weighted by Crippen LogP contribution is -2.17. The average Bonchev–Trinajstić information content (AvgIpc) is 2.60. The topological polar surface area (TPSA) is 51.2 Å². The second-order valence-corrected chi connectivity index (χ2v) is 5.24. The van der Waals surface area contributed by atoms with Crippen molar-refractivity contribution in [2.24, 2.45) is 0 Å². The molecule has 0 saturated heterocycles. The van der Waals surface area contributed by atoms with Gasteiger partial charge in [0.1, 0.15) is 18.2 Å². The van der Waals surface area contributed by atoms with Crippen LogP contribution in [0.1, 0.15) is 6.92 Å². The standard InChI is InChI=1S/C19H17FN2O2/c1-2-24-18(23)12-21-19-16-6-4-3-5-14(16)11-17(22-19)13-7-9-15(20)10-8-13/h3-11H,2,12H2,1H3,(H,21,22). The van der Waals surface area contributed by atoms with Crippen molar-refractivity contribution in [2.75, 3.05) is 18.5 Å². The Morgan fingerprint density at radius 3 is 2.67 bits per heavy atom. The summed E-state index contributed by atoms with van der Waals surface area (Å²) in [6, 6.07) is 15.9. The van der Waals surface area contributed by atoms with Gasteiger partial charge in [-0.3, -0.25) is 4.79 Å². The van der Waals surface area contributed by atoms with E-state index >= 15 is 0 Å². The first-order valence-electron chi connectivity index (χ1n) is 7.72. The quantitative estimate of drug-likeness (QED) is 0.720. The summed E-state index contributed by atoms with van der Waals surface area (Å²) in [7, 11) is 0. The van der Waals surface area contributed by atoms with Crippen molar-refractivity contribution < 1.29 is 13.9 Å². The van der Waals surface area contributed by atoms with E-state index in [1.54, 1.807) is 19.1 Å². The summed E-state index contributed by atoms with van der Waals surface area (Å²) in [5.74, 6) is -0.0313. The van der Waals surface area contributed by atoms with E-state index in [4.69, 9.17) is 4.74 Å². The van der Waals surface area contributed by atoms with Crippen molar-refractivity contribution in [3.8, 4) is 11.3 Å². The maximum absolute atomic E-state index is 13.1. The van der Waals surface area contributed by atoms with Gasteiger partial charge in [0.05, 0.1) is 12.3 Å². The number of hydrogen-bond donors (Lipinski definition) is 1. The number of anilines is 1. The number of fused-ring (bicyclic) bond motifs is 1. The molecule has 0 aliphatic carbocycles. The zero-order valence-electron chi connectivity index (χ0n) is 13.3. The number of hydrogen-bond acceptors (Lipinski definition) is 4. The summed E-state index contributed by atoms with van der Waals surface area (Å²) in [5.41, 5.74) is 1.52. The van der Waals surface area contributed by atoms with Gasteiger partial charge in [0.2, 0.25) is 0 Å². The normalized spacial score (nSPS) is 10.6. The number of benzene rings is 2. The fourth-order valence-corrected chi connectivity index (χ4v) is 2.47. The second kappa shape index (κ2) is 7.08. The first-order chi connectivity index (χ1) is 11.7. The Morgan fingerprint density at radius 2 is 1.92 bits per heavy atom. The van der Waals surface area contributed by atoms with Crippen molar-refractivity contribution >= 4 is 22.6 Å². The zero-order chi connectivity index (χ0) is 16.9. The predicted molar refractivity (Wildman–Crippen MR) is 92.3 cm³/mol. The number of aromatic nitrogens is 1. The highest BCUT2D eigenvalue weighted by atomic mass is 19.1. The van der Waals surface area contributed by atoms with Crippen LogP contribution in [0.4, 0.5) is 10.2 Å². The summed E-state index contributed by atoms with van der Waals surface area (Å²) in [4.78, 5) is 16.2. The Balaban J connectivity index is 1.99. The van der Waals surface area contributed by atoms with Crippen LogP contribution in [0.3, 0.4) is 0 Å². The number of esters is 1. The Labute approximate surface area is 139 Å². The second-order valence-electron chi connectivity index (χ2n) is 5.24. The van der Waals surface area contributed by atoms with E-state index in [2.05, 4.69) is 10.3 Å². The first kappa shape index (κ1) is 15.9. The van der Waals surface area contributed by atoms with Gasteiger partial charge in [-0.1, -0.05) is 24.3 Å². The van der Waals surface area contributed by atoms with Crippen molar-refractivity contribution in [2.45, 2.75) is 6.92 Å². The lowest BCUT2D eigenvalue weighted by molar-refractivity contribution is -0.140. The van der Waals surface area contributed by atoms with Gasteiger partial charge in [0, 0.05) is 10.9 Å². The van der Waals surface area contributed by atoms with Gasteiger partial charge in [0.15, 0.2) is 0 Å². The summed E-state index contributed by atoms with van der Waals surface area (Å²) in [5, 5.41) is 4.93. The zero-order valence-corrected chi connectivity index (χ0v) is 13.3. The monoisotopic (exact) mass is 324 g/mol. The lowest BCUT2D eigenvalue weighted by Gasteiger charge is -2.11. The SMILES string of the molecule is CCOC(=O)CNc1nc(-c2ccc(F)cc2)cc2ccccc12. The molecule has 122 valence electrons. The first-order valence-corrected chi connectivity index (χ1v) is 7.72. The van der Waals surface area contributed by atoms with E-state index in [-0.39, 0.29) is 18.3 Å². The number of halogens is 1. The molecule has 0 unspecified atom stereocenters. The van der Waals surface area contributed by atoms with Crippen LogP contribution in [0.5, 0.6) is 0 Å². The van der Waals surface area contributed by atoms with Crippen LogP contribution < -0.4 is 5.32 Å². The van der Waals surface area contributed by atoms with E-state index in [0.717, 1.165) is 16.3 Å². The molecule has 24 heavy (non-hydrogen) atoms. The Kier molecular flexibility index (Phi) is 4.70. The molecule has 4 nitrogen and oxygen atoms in total. The number of ether oxygens (including phenoxy) is 1. The number of carbonyl (C=O) groups is 1. The van der Waals surface area contributed by atoms with Crippen molar-refractivity contribution in [3.63, 3.8) is 0 Å². The molecule has 0 amide bonds.